The molecule has 11 heavy (non-hydrogen) atoms. The van der Waals surface area contributed by atoms with Gasteiger partial charge in [-0.25, -0.2) is 13.2 Å². The maximum Gasteiger partial charge on any atom is 0.263 e. The van der Waals surface area contributed by atoms with Crippen LogP contribution < -0.4 is 0 Å². The summed E-state index contributed by atoms with van der Waals surface area (Å²) in [6.07, 6.45) is -1.38. The zero-order valence-corrected chi connectivity index (χ0v) is 5.60. The second-order valence-electron chi connectivity index (χ2n) is 2.01. The molecule has 0 aliphatic rings. The van der Waals surface area contributed by atoms with E-state index in [9.17, 15) is 13.2 Å². The molecule has 0 aromatic carbocycles. The van der Waals surface area contributed by atoms with Crippen molar-refractivity contribution >= 4 is 0 Å². The minimum absolute atomic E-state index is 0.0443. The molecule has 0 spiro atoms. The average molecular weight is 161 g/mol. The Kier molecular flexibility index (Phi) is 2.46. The molecular formula is C7H6F3N. The van der Waals surface area contributed by atoms with Crippen LogP contribution in [0.5, 0.6) is 0 Å². The van der Waals surface area contributed by atoms with Gasteiger partial charge in [-0.3, -0.25) is 4.98 Å². The quantitative estimate of drug-likeness (QED) is 0.649. The lowest BCUT2D eigenvalue weighted by molar-refractivity contribution is 0.151. The van der Waals surface area contributed by atoms with Crippen LogP contribution in [0.4, 0.5) is 13.2 Å². The first-order valence-electron chi connectivity index (χ1n) is 3.03. The van der Waals surface area contributed by atoms with Gasteiger partial charge in [0.2, 0.25) is 0 Å². The monoisotopic (exact) mass is 161 g/mol. The highest BCUT2D eigenvalue weighted by atomic mass is 19.3. The second-order valence-corrected chi connectivity index (χ2v) is 2.01. The molecule has 1 aromatic heterocycles. The summed E-state index contributed by atoms with van der Waals surface area (Å²) in [5, 5.41) is 0. The van der Waals surface area contributed by atoms with Gasteiger partial charge >= 0.3 is 0 Å². The van der Waals surface area contributed by atoms with Gasteiger partial charge in [-0.05, 0) is 12.1 Å². The predicted molar refractivity (Wildman–Crippen MR) is 34.0 cm³/mol. The highest BCUT2D eigenvalue weighted by Gasteiger charge is 2.06. The molecule has 0 radical (unpaired) electrons. The van der Waals surface area contributed by atoms with E-state index in [0.717, 1.165) is 6.07 Å². The van der Waals surface area contributed by atoms with Crippen molar-refractivity contribution in [2.75, 3.05) is 0 Å². The summed E-state index contributed by atoms with van der Waals surface area (Å²) < 4.78 is 35.7. The lowest BCUT2D eigenvalue weighted by Gasteiger charge is -1.98. The van der Waals surface area contributed by atoms with Gasteiger partial charge in [-0.15, -0.1) is 0 Å². The Morgan fingerprint density at radius 2 is 2.18 bits per heavy atom. The molecule has 0 N–H and O–H groups in total. The van der Waals surface area contributed by atoms with Crippen LogP contribution in [0.25, 0.3) is 0 Å². The first-order valence-corrected chi connectivity index (χ1v) is 3.03. The molecule has 0 saturated heterocycles. The zero-order valence-electron chi connectivity index (χ0n) is 5.60. The fourth-order valence-electron chi connectivity index (χ4n) is 0.706. The third kappa shape index (κ3) is 1.93. The van der Waals surface area contributed by atoms with Crippen molar-refractivity contribution in [1.82, 2.24) is 4.98 Å². The fraction of sp³-hybridized carbons (Fsp3) is 0.286. The molecule has 1 rings (SSSR count). The molecule has 4 heteroatoms. The standard InChI is InChI=1S/C7H6F3N/c8-4-6-3-5(7(9)10)1-2-11-6/h1-3,7H,4H2. The molecule has 60 valence electrons. The lowest BCUT2D eigenvalue weighted by atomic mass is 10.2. The van der Waals surface area contributed by atoms with E-state index in [-0.39, 0.29) is 11.3 Å². The number of rotatable bonds is 2. The van der Waals surface area contributed by atoms with E-state index < -0.39 is 13.1 Å². The molecule has 0 unspecified atom stereocenters. The molecule has 0 saturated carbocycles. The highest BCUT2D eigenvalue weighted by molar-refractivity contribution is 5.16. The minimum atomic E-state index is -2.55. The summed E-state index contributed by atoms with van der Waals surface area (Å²) in [7, 11) is 0. The molecule has 0 fully saturated rings. The fourth-order valence-corrected chi connectivity index (χ4v) is 0.706. The number of halogens is 3. The Hall–Kier alpha value is -1.06. The molecule has 0 atom stereocenters. The van der Waals surface area contributed by atoms with Crippen molar-refractivity contribution in [3.63, 3.8) is 0 Å². The summed E-state index contributed by atoms with van der Waals surface area (Å²) in [4.78, 5) is 3.53. The SMILES string of the molecule is FCc1cc(C(F)F)ccn1. The summed E-state index contributed by atoms with van der Waals surface area (Å²) in [5.74, 6) is 0. The molecular weight excluding hydrogens is 155 g/mol. The molecule has 1 aromatic rings. The van der Waals surface area contributed by atoms with Crippen LogP contribution in [-0.4, -0.2) is 4.98 Å². The van der Waals surface area contributed by atoms with Gasteiger partial charge in [-0.1, -0.05) is 0 Å². The zero-order chi connectivity index (χ0) is 8.27. The van der Waals surface area contributed by atoms with Crippen LogP contribution in [0.2, 0.25) is 0 Å². The highest BCUT2D eigenvalue weighted by Crippen LogP contribution is 2.18. The number of hydrogen-bond acceptors (Lipinski definition) is 1. The molecule has 1 heterocycles. The Morgan fingerprint density at radius 1 is 1.45 bits per heavy atom. The molecule has 0 aliphatic heterocycles. The number of nitrogens with zero attached hydrogens (tertiary/aromatic N) is 1. The van der Waals surface area contributed by atoms with Gasteiger partial charge in [-0.2, -0.15) is 0 Å². The lowest BCUT2D eigenvalue weighted by Crippen LogP contribution is -1.89. The Morgan fingerprint density at radius 3 is 2.73 bits per heavy atom. The van der Waals surface area contributed by atoms with E-state index in [2.05, 4.69) is 4.98 Å². The summed E-state index contributed by atoms with van der Waals surface area (Å²) >= 11 is 0. The summed E-state index contributed by atoms with van der Waals surface area (Å²) in [6, 6.07) is 2.23. The van der Waals surface area contributed by atoms with E-state index in [4.69, 9.17) is 0 Å². The second kappa shape index (κ2) is 3.37. The van der Waals surface area contributed by atoms with Gasteiger partial charge in [0.15, 0.2) is 0 Å². The Labute approximate surface area is 61.9 Å². The summed E-state index contributed by atoms with van der Waals surface area (Å²) in [6.45, 7) is -0.805. The number of aromatic nitrogens is 1. The van der Waals surface area contributed by atoms with Crippen LogP contribution in [-0.2, 0) is 6.67 Å². The predicted octanol–water partition coefficient (Wildman–Crippen LogP) is 2.49. The molecule has 0 amide bonds. The first kappa shape index (κ1) is 8.04. The minimum Gasteiger partial charge on any atom is -0.258 e. The van der Waals surface area contributed by atoms with Crippen LogP contribution in [0.15, 0.2) is 18.3 Å². The molecule has 0 aliphatic carbocycles. The van der Waals surface area contributed by atoms with Crippen LogP contribution in [0.1, 0.15) is 17.7 Å². The molecule has 1 nitrogen and oxygen atoms in total. The smallest absolute Gasteiger partial charge is 0.258 e. The third-order valence-corrected chi connectivity index (χ3v) is 1.23. The maximum atomic E-state index is 11.9. The van der Waals surface area contributed by atoms with Crippen molar-refractivity contribution in [1.29, 1.82) is 0 Å². The van der Waals surface area contributed by atoms with Crippen molar-refractivity contribution in [2.45, 2.75) is 13.1 Å². The third-order valence-electron chi connectivity index (χ3n) is 1.23. The largest absolute Gasteiger partial charge is 0.263 e. The topological polar surface area (TPSA) is 12.9 Å². The van der Waals surface area contributed by atoms with Crippen molar-refractivity contribution < 1.29 is 13.2 Å². The molecule has 0 bridgehead atoms. The van der Waals surface area contributed by atoms with Crippen LogP contribution >= 0.6 is 0 Å². The van der Waals surface area contributed by atoms with Crippen LogP contribution in [0.3, 0.4) is 0 Å². The van der Waals surface area contributed by atoms with E-state index >= 15 is 0 Å². The maximum absolute atomic E-state index is 11.9. The first-order chi connectivity index (χ1) is 5.24. The summed E-state index contributed by atoms with van der Waals surface area (Å²) in [5.41, 5.74) is -0.143. The van der Waals surface area contributed by atoms with Gasteiger partial charge in [0.05, 0.1) is 5.69 Å². The van der Waals surface area contributed by atoms with Gasteiger partial charge in [0.25, 0.3) is 6.43 Å². The number of pyridine rings is 1. The van der Waals surface area contributed by atoms with Crippen LogP contribution in [0, 0.1) is 0 Å². The van der Waals surface area contributed by atoms with E-state index in [1.807, 2.05) is 0 Å². The van der Waals surface area contributed by atoms with E-state index in [1.165, 1.54) is 12.3 Å². The van der Waals surface area contributed by atoms with Crippen molar-refractivity contribution in [3.05, 3.63) is 29.6 Å². The normalized spacial score (nSPS) is 10.5. The van der Waals surface area contributed by atoms with Crippen molar-refractivity contribution in [3.8, 4) is 0 Å². The average Bonchev–Trinajstić information content (AvgIpc) is 2.05. The van der Waals surface area contributed by atoms with Crippen molar-refractivity contribution in [2.24, 2.45) is 0 Å². The van der Waals surface area contributed by atoms with E-state index in [0.29, 0.717) is 0 Å². The van der Waals surface area contributed by atoms with E-state index in [1.54, 1.807) is 0 Å². The number of alkyl halides is 3. The Bertz CT molecular complexity index is 237. The van der Waals surface area contributed by atoms with Gasteiger partial charge < -0.3 is 0 Å². The number of hydrogen-bond donors (Lipinski definition) is 0. The van der Waals surface area contributed by atoms with Gasteiger partial charge in [0.1, 0.15) is 6.67 Å². The Balaban J connectivity index is 2.91. The van der Waals surface area contributed by atoms with Gasteiger partial charge in [0, 0.05) is 11.8 Å².